The lowest BCUT2D eigenvalue weighted by Gasteiger charge is -2.19. The largest absolute Gasteiger partial charge is 0.346 e. The molecule has 0 bridgehead atoms. The third-order valence-electron chi connectivity index (χ3n) is 4.90. The van der Waals surface area contributed by atoms with Crippen LogP contribution < -0.4 is 5.32 Å². The third kappa shape index (κ3) is 3.78. The molecule has 2 aromatic carbocycles. The molecule has 0 aliphatic rings. The number of hydrogen-bond donors (Lipinski definition) is 1. The number of nitrogens with one attached hydrogen (secondary N) is 1. The van der Waals surface area contributed by atoms with E-state index in [0.29, 0.717) is 6.42 Å². The summed E-state index contributed by atoms with van der Waals surface area (Å²) in [6.45, 7) is 1.93. The van der Waals surface area contributed by atoms with E-state index in [1.807, 2.05) is 72.1 Å². The number of carbonyl (C=O) groups excluding carboxylic acids is 1. The zero-order valence-corrected chi connectivity index (χ0v) is 15.7. The van der Waals surface area contributed by atoms with E-state index in [1.165, 1.54) is 0 Å². The van der Waals surface area contributed by atoms with Crippen LogP contribution in [0.2, 0.25) is 0 Å². The van der Waals surface area contributed by atoms with Crippen molar-refractivity contribution < 1.29 is 4.79 Å². The number of nitrogens with zero attached hydrogens (tertiary/aromatic N) is 3. The lowest BCUT2D eigenvalue weighted by molar-refractivity contribution is -0.122. The van der Waals surface area contributed by atoms with Crippen LogP contribution in [0, 0.1) is 0 Å². The van der Waals surface area contributed by atoms with E-state index in [2.05, 4.69) is 39.8 Å². The second-order valence-electron chi connectivity index (χ2n) is 6.85. The summed E-state index contributed by atoms with van der Waals surface area (Å²) in [5.74, 6) is 0.711. The molecule has 2 aromatic heterocycles. The normalized spacial score (nSPS) is 12.2. The molecule has 0 fully saturated rings. The maximum atomic E-state index is 12.9. The van der Waals surface area contributed by atoms with Gasteiger partial charge >= 0.3 is 0 Å². The highest BCUT2D eigenvalue weighted by Gasteiger charge is 2.21. The smallest absolute Gasteiger partial charge is 0.221 e. The zero-order chi connectivity index (χ0) is 19.3. The van der Waals surface area contributed by atoms with Crippen molar-refractivity contribution in [3.8, 4) is 0 Å². The summed E-state index contributed by atoms with van der Waals surface area (Å²) < 4.78 is 1.90. The predicted octanol–water partition coefficient (Wildman–Crippen LogP) is 4.13. The average molecular weight is 370 g/mol. The Labute approximate surface area is 164 Å². The van der Waals surface area contributed by atoms with E-state index in [0.717, 1.165) is 22.6 Å². The second kappa shape index (κ2) is 8.05. The number of aromatic nitrogens is 3. The third-order valence-corrected chi connectivity index (χ3v) is 4.90. The van der Waals surface area contributed by atoms with Gasteiger partial charge in [0.1, 0.15) is 0 Å². The first-order valence-corrected chi connectivity index (χ1v) is 9.41. The molecule has 1 N–H and O–H groups in total. The molecular weight excluding hydrogens is 348 g/mol. The molecule has 0 aliphatic carbocycles. The highest BCUT2D eigenvalue weighted by Crippen LogP contribution is 2.28. The van der Waals surface area contributed by atoms with Gasteiger partial charge < -0.3 is 5.32 Å². The maximum Gasteiger partial charge on any atom is 0.221 e. The van der Waals surface area contributed by atoms with Crippen LogP contribution in [0.15, 0.2) is 85.1 Å². The lowest BCUT2D eigenvalue weighted by atomic mass is 9.88. The fourth-order valence-corrected chi connectivity index (χ4v) is 3.50. The van der Waals surface area contributed by atoms with Crippen molar-refractivity contribution in [3.05, 3.63) is 102 Å². The first-order valence-electron chi connectivity index (χ1n) is 9.41. The number of rotatable bonds is 6. The monoisotopic (exact) mass is 370 g/mol. The van der Waals surface area contributed by atoms with Crippen LogP contribution in [0.3, 0.4) is 0 Å². The molecule has 140 valence electrons. The van der Waals surface area contributed by atoms with Crippen LogP contribution in [0.4, 0.5) is 0 Å². The van der Waals surface area contributed by atoms with Gasteiger partial charge in [-0.05, 0) is 30.2 Å². The van der Waals surface area contributed by atoms with Gasteiger partial charge in [0.05, 0.1) is 6.04 Å². The summed E-state index contributed by atoms with van der Waals surface area (Å²) in [5.41, 5.74) is 3.03. The Hall–Kier alpha value is -3.47. The van der Waals surface area contributed by atoms with Gasteiger partial charge in [0.2, 0.25) is 5.91 Å². The molecule has 1 unspecified atom stereocenters. The van der Waals surface area contributed by atoms with Crippen molar-refractivity contribution in [1.29, 1.82) is 0 Å². The van der Waals surface area contributed by atoms with E-state index in [1.54, 1.807) is 0 Å². The lowest BCUT2D eigenvalue weighted by Crippen LogP contribution is -2.29. The molecule has 1 atom stereocenters. The summed E-state index contributed by atoms with van der Waals surface area (Å²) in [7, 11) is 0. The Morgan fingerprint density at radius 1 is 0.893 bits per heavy atom. The molecule has 5 nitrogen and oxygen atoms in total. The van der Waals surface area contributed by atoms with Gasteiger partial charge in [-0.15, -0.1) is 10.2 Å². The Balaban J connectivity index is 1.53. The Kier molecular flexibility index (Phi) is 5.15. The van der Waals surface area contributed by atoms with Gasteiger partial charge in [-0.2, -0.15) is 0 Å². The van der Waals surface area contributed by atoms with Crippen LogP contribution in [0.5, 0.6) is 0 Å². The molecule has 0 spiro atoms. The molecule has 0 saturated heterocycles. The second-order valence-corrected chi connectivity index (χ2v) is 6.85. The standard InChI is InChI=1S/C23H22N4O/c1-17(23-26-25-21-14-8-9-15-27(21)23)24-22(28)16-20(18-10-4-2-5-11-18)19-12-6-3-7-13-19/h2-15,17,20H,16H2,1H3,(H,24,28). The summed E-state index contributed by atoms with van der Waals surface area (Å²) in [5, 5.41) is 11.5. The minimum Gasteiger partial charge on any atom is -0.346 e. The van der Waals surface area contributed by atoms with Gasteiger partial charge in [-0.1, -0.05) is 66.7 Å². The summed E-state index contributed by atoms with van der Waals surface area (Å²) in [6, 6.07) is 25.8. The number of carbonyl (C=O) groups is 1. The topological polar surface area (TPSA) is 59.3 Å². The summed E-state index contributed by atoms with van der Waals surface area (Å²) >= 11 is 0. The molecule has 2 heterocycles. The zero-order valence-electron chi connectivity index (χ0n) is 15.7. The van der Waals surface area contributed by atoms with Crippen molar-refractivity contribution in [2.45, 2.75) is 25.3 Å². The number of hydrogen-bond acceptors (Lipinski definition) is 3. The average Bonchev–Trinajstić information content (AvgIpc) is 3.18. The molecule has 5 heteroatoms. The van der Waals surface area contributed by atoms with Crippen LogP contribution in [0.1, 0.15) is 42.3 Å². The van der Waals surface area contributed by atoms with E-state index < -0.39 is 0 Å². The quantitative estimate of drug-likeness (QED) is 0.555. The van der Waals surface area contributed by atoms with Gasteiger partial charge in [-0.25, -0.2) is 0 Å². The highest BCUT2D eigenvalue weighted by atomic mass is 16.1. The molecule has 0 aliphatic heterocycles. The van der Waals surface area contributed by atoms with Gasteiger partial charge in [0.25, 0.3) is 0 Å². The Bertz CT molecular complexity index is 1020. The van der Waals surface area contributed by atoms with Crippen molar-refractivity contribution >= 4 is 11.6 Å². The van der Waals surface area contributed by atoms with Crippen molar-refractivity contribution in [1.82, 2.24) is 19.9 Å². The Morgan fingerprint density at radius 3 is 2.14 bits per heavy atom. The first kappa shape index (κ1) is 17.9. The SMILES string of the molecule is CC(NC(=O)CC(c1ccccc1)c1ccccc1)c1nnc2ccccn12. The van der Waals surface area contributed by atoms with Crippen LogP contribution >= 0.6 is 0 Å². The molecule has 4 aromatic rings. The highest BCUT2D eigenvalue weighted by molar-refractivity contribution is 5.78. The molecule has 0 radical (unpaired) electrons. The molecule has 4 rings (SSSR count). The number of pyridine rings is 1. The van der Waals surface area contributed by atoms with E-state index in [9.17, 15) is 4.79 Å². The van der Waals surface area contributed by atoms with Crippen molar-refractivity contribution in [2.24, 2.45) is 0 Å². The summed E-state index contributed by atoms with van der Waals surface area (Å²) in [4.78, 5) is 12.9. The predicted molar refractivity (Wildman–Crippen MR) is 109 cm³/mol. The molecule has 1 amide bonds. The van der Waals surface area contributed by atoms with E-state index >= 15 is 0 Å². The van der Waals surface area contributed by atoms with Gasteiger partial charge in [0.15, 0.2) is 11.5 Å². The minimum absolute atomic E-state index is 0.00439. The van der Waals surface area contributed by atoms with E-state index in [4.69, 9.17) is 0 Å². The fraction of sp³-hybridized carbons (Fsp3) is 0.174. The van der Waals surface area contributed by atoms with Crippen molar-refractivity contribution in [2.75, 3.05) is 0 Å². The van der Waals surface area contributed by atoms with Crippen LogP contribution in [-0.4, -0.2) is 20.5 Å². The molecule has 0 saturated carbocycles. The number of fused-ring (bicyclic) bond motifs is 1. The summed E-state index contributed by atoms with van der Waals surface area (Å²) in [6.07, 6.45) is 2.28. The molecule has 28 heavy (non-hydrogen) atoms. The van der Waals surface area contributed by atoms with Crippen LogP contribution in [-0.2, 0) is 4.79 Å². The van der Waals surface area contributed by atoms with Gasteiger partial charge in [-0.3, -0.25) is 9.20 Å². The number of benzene rings is 2. The fourth-order valence-electron chi connectivity index (χ4n) is 3.50. The van der Waals surface area contributed by atoms with Crippen molar-refractivity contribution in [3.63, 3.8) is 0 Å². The molecular formula is C23H22N4O. The Morgan fingerprint density at radius 2 is 1.50 bits per heavy atom. The minimum atomic E-state index is -0.239. The van der Waals surface area contributed by atoms with Crippen LogP contribution in [0.25, 0.3) is 5.65 Å². The first-order chi connectivity index (χ1) is 13.7. The number of amides is 1. The van der Waals surface area contributed by atoms with Gasteiger partial charge in [0, 0.05) is 18.5 Å². The van der Waals surface area contributed by atoms with E-state index in [-0.39, 0.29) is 17.9 Å². The maximum absolute atomic E-state index is 12.9.